The molecule has 0 saturated carbocycles. The van der Waals surface area contributed by atoms with E-state index in [2.05, 4.69) is 10.1 Å². The largest absolute Gasteiger partial charge is 0.573 e. The van der Waals surface area contributed by atoms with Crippen molar-refractivity contribution in [1.29, 1.82) is 0 Å². The van der Waals surface area contributed by atoms with Crippen LogP contribution in [0.1, 0.15) is 33.1 Å². The van der Waals surface area contributed by atoms with Gasteiger partial charge in [0, 0.05) is 17.8 Å². The van der Waals surface area contributed by atoms with Gasteiger partial charge in [-0.1, -0.05) is 0 Å². The van der Waals surface area contributed by atoms with Crippen LogP contribution >= 0.6 is 0 Å². The van der Waals surface area contributed by atoms with Gasteiger partial charge in [-0.15, -0.1) is 13.2 Å². The average molecular weight is 401 g/mol. The minimum atomic E-state index is -4.76. The van der Waals surface area contributed by atoms with Crippen LogP contribution < -0.4 is 10.1 Å². The molecule has 1 fully saturated rings. The van der Waals surface area contributed by atoms with E-state index in [1.54, 1.807) is 11.9 Å². The van der Waals surface area contributed by atoms with Crippen LogP contribution in [0.25, 0.3) is 0 Å². The highest BCUT2D eigenvalue weighted by atomic mass is 19.4. The molecule has 0 aliphatic carbocycles. The van der Waals surface area contributed by atoms with Crippen molar-refractivity contribution >= 4 is 17.5 Å². The van der Waals surface area contributed by atoms with E-state index in [0.717, 1.165) is 31.4 Å². The van der Waals surface area contributed by atoms with Crippen LogP contribution in [0.15, 0.2) is 24.3 Å². The third-order valence-corrected chi connectivity index (χ3v) is 4.67. The Hall–Kier alpha value is -2.29. The number of nitrogens with one attached hydrogen (secondary N) is 1. The van der Waals surface area contributed by atoms with Crippen molar-refractivity contribution in [3.05, 3.63) is 24.3 Å². The quantitative estimate of drug-likeness (QED) is 0.795. The van der Waals surface area contributed by atoms with E-state index in [4.69, 9.17) is 0 Å². The molecule has 0 unspecified atom stereocenters. The van der Waals surface area contributed by atoms with Crippen molar-refractivity contribution in [2.24, 2.45) is 0 Å². The van der Waals surface area contributed by atoms with Crippen LogP contribution in [0.4, 0.5) is 18.9 Å². The molecule has 1 saturated heterocycles. The predicted octanol–water partition coefficient (Wildman–Crippen LogP) is 3.25. The standard InChI is InChI=1S/C19H26F3N3O3/c1-13-5-4-6-14(2)25(13)18(27)12-24(3)11-17(26)23-15-7-9-16(10-8-15)28-19(20,21)22/h7-10,13-14H,4-6,11-12H2,1-3H3,(H,23,26)/t13-,14-/m1/s1. The lowest BCUT2D eigenvalue weighted by molar-refractivity contribution is -0.274. The molecule has 1 aliphatic heterocycles. The summed E-state index contributed by atoms with van der Waals surface area (Å²) in [6, 6.07) is 5.26. The summed E-state index contributed by atoms with van der Waals surface area (Å²) < 4.78 is 40.2. The van der Waals surface area contributed by atoms with E-state index < -0.39 is 6.36 Å². The van der Waals surface area contributed by atoms with Crippen molar-refractivity contribution in [2.45, 2.75) is 51.6 Å². The van der Waals surface area contributed by atoms with Gasteiger partial charge in [0.15, 0.2) is 0 Å². The summed E-state index contributed by atoms with van der Waals surface area (Å²) in [5.74, 6) is -0.735. The number of hydrogen-bond acceptors (Lipinski definition) is 4. The van der Waals surface area contributed by atoms with Gasteiger partial charge in [-0.3, -0.25) is 14.5 Å². The van der Waals surface area contributed by atoms with Crippen LogP contribution in [0, 0.1) is 0 Å². The van der Waals surface area contributed by atoms with Crippen molar-refractivity contribution in [2.75, 3.05) is 25.5 Å². The van der Waals surface area contributed by atoms with E-state index in [9.17, 15) is 22.8 Å². The van der Waals surface area contributed by atoms with E-state index in [1.807, 2.05) is 18.7 Å². The zero-order chi connectivity index (χ0) is 20.9. The first-order valence-corrected chi connectivity index (χ1v) is 9.20. The fourth-order valence-electron chi connectivity index (χ4n) is 3.47. The summed E-state index contributed by atoms with van der Waals surface area (Å²) in [6.45, 7) is 4.18. The summed E-state index contributed by atoms with van der Waals surface area (Å²) in [5, 5.41) is 2.59. The first-order chi connectivity index (χ1) is 13.0. The van der Waals surface area contributed by atoms with Crippen LogP contribution in [-0.4, -0.2) is 60.2 Å². The lowest BCUT2D eigenvalue weighted by Crippen LogP contribution is -2.51. The van der Waals surface area contributed by atoms with E-state index >= 15 is 0 Å². The molecule has 9 heteroatoms. The predicted molar refractivity (Wildman–Crippen MR) is 98.9 cm³/mol. The molecule has 6 nitrogen and oxygen atoms in total. The number of likely N-dealkylation sites (N-methyl/N-ethyl adjacent to an activating group) is 1. The van der Waals surface area contributed by atoms with Gasteiger partial charge in [0.1, 0.15) is 5.75 Å². The molecule has 1 heterocycles. The Kier molecular flexibility index (Phi) is 7.29. The number of ether oxygens (including phenoxy) is 1. The fourth-order valence-corrected chi connectivity index (χ4v) is 3.47. The lowest BCUT2D eigenvalue weighted by atomic mass is 9.97. The SMILES string of the molecule is C[C@@H]1CCC[C@@H](C)N1C(=O)CN(C)CC(=O)Nc1ccc(OC(F)(F)F)cc1. The van der Waals surface area contributed by atoms with Gasteiger partial charge in [0.05, 0.1) is 13.1 Å². The lowest BCUT2D eigenvalue weighted by Gasteiger charge is -2.39. The molecule has 0 radical (unpaired) electrons. The maximum absolute atomic E-state index is 12.6. The normalized spacial score (nSPS) is 20.2. The van der Waals surface area contributed by atoms with Crippen LogP contribution in [-0.2, 0) is 9.59 Å². The van der Waals surface area contributed by atoms with Gasteiger partial charge in [0.25, 0.3) is 0 Å². The topological polar surface area (TPSA) is 61.9 Å². The molecule has 2 rings (SSSR count). The van der Waals surface area contributed by atoms with Gasteiger partial charge >= 0.3 is 6.36 Å². The van der Waals surface area contributed by atoms with Crippen LogP contribution in [0.5, 0.6) is 5.75 Å². The second-order valence-electron chi connectivity index (χ2n) is 7.22. The molecule has 1 aromatic carbocycles. The minimum Gasteiger partial charge on any atom is -0.406 e. The highest BCUT2D eigenvalue weighted by molar-refractivity contribution is 5.92. The first kappa shape index (κ1) is 22.0. The molecule has 0 aromatic heterocycles. The first-order valence-electron chi connectivity index (χ1n) is 9.20. The maximum Gasteiger partial charge on any atom is 0.573 e. The number of anilines is 1. The highest BCUT2D eigenvalue weighted by Gasteiger charge is 2.31. The average Bonchev–Trinajstić information content (AvgIpc) is 2.54. The van der Waals surface area contributed by atoms with Crippen molar-refractivity contribution in [3.63, 3.8) is 0 Å². The Balaban J connectivity index is 1.82. The second kappa shape index (κ2) is 9.27. The summed E-state index contributed by atoms with van der Waals surface area (Å²) in [7, 11) is 1.68. The van der Waals surface area contributed by atoms with Gasteiger partial charge in [-0.05, 0) is 64.4 Å². The zero-order valence-electron chi connectivity index (χ0n) is 16.3. The van der Waals surface area contributed by atoms with Crippen molar-refractivity contribution < 1.29 is 27.5 Å². The Morgan fingerprint density at radius 3 is 2.25 bits per heavy atom. The molecule has 1 aromatic rings. The molecule has 156 valence electrons. The molecule has 0 bridgehead atoms. The van der Waals surface area contributed by atoms with Crippen molar-refractivity contribution in [3.8, 4) is 5.75 Å². The number of nitrogens with zero attached hydrogens (tertiary/aromatic N) is 2. The summed E-state index contributed by atoms with van der Waals surface area (Å²) in [5.41, 5.74) is 0.345. The van der Waals surface area contributed by atoms with E-state index in [1.165, 1.54) is 12.1 Å². The smallest absolute Gasteiger partial charge is 0.406 e. The monoisotopic (exact) mass is 401 g/mol. The number of alkyl halides is 3. The molecule has 0 spiro atoms. The van der Waals surface area contributed by atoms with Crippen molar-refractivity contribution in [1.82, 2.24) is 9.80 Å². The van der Waals surface area contributed by atoms with Crippen LogP contribution in [0.3, 0.4) is 0 Å². The molecule has 1 aliphatic rings. The summed E-state index contributed by atoms with van der Waals surface area (Å²) in [4.78, 5) is 28.2. The number of likely N-dealkylation sites (tertiary alicyclic amines) is 1. The Bertz CT molecular complexity index is 669. The third kappa shape index (κ3) is 6.70. The van der Waals surface area contributed by atoms with Gasteiger partial charge < -0.3 is 15.0 Å². The number of halogens is 3. The van der Waals surface area contributed by atoms with Crippen LogP contribution in [0.2, 0.25) is 0 Å². The second-order valence-corrected chi connectivity index (χ2v) is 7.22. The number of carbonyl (C=O) groups is 2. The molecular formula is C19H26F3N3O3. The Labute approximate surface area is 162 Å². The van der Waals surface area contributed by atoms with Gasteiger partial charge in [-0.2, -0.15) is 0 Å². The Morgan fingerprint density at radius 1 is 1.14 bits per heavy atom. The zero-order valence-corrected chi connectivity index (χ0v) is 16.3. The van der Waals surface area contributed by atoms with Gasteiger partial charge in [-0.25, -0.2) is 0 Å². The molecule has 1 N–H and O–H groups in total. The highest BCUT2D eigenvalue weighted by Crippen LogP contribution is 2.24. The third-order valence-electron chi connectivity index (χ3n) is 4.67. The number of carbonyl (C=O) groups excluding carboxylic acids is 2. The fraction of sp³-hybridized carbons (Fsp3) is 0.579. The Morgan fingerprint density at radius 2 is 1.71 bits per heavy atom. The van der Waals surface area contributed by atoms with E-state index in [-0.39, 0.29) is 42.7 Å². The number of rotatable bonds is 6. The summed E-state index contributed by atoms with van der Waals surface area (Å²) >= 11 is 0. The number of piperidine rings is 1. The summed E-state index contributed by atoms with van der Waals surface area (Å²) in [6.07, 6.45) is -1.69. The number of benzene rings is 1. The number of hydrogen-bond donors (Lipinski definition) is 1. The minimum absolute atomic E-state index is 0.0105. The maximum atomic E-state index is 12.6. The van der Waals surface area contributed by atoms with Gasteiger partial charge in [0.2, 0.25) is 11.8 Å². The number of amides is 2. The molecule has 2 amide bonds. The van der Waals surface area contributed by atoms with E-state index in [0.29, 0.717) is 5.69 Å². The molecular weight excluding hydrogens is 375 g/mol. The molecule has 2 atom stereocenters. The molecule has 28 heavy (non-hydrogen) atoms.